The van der Waals surface area contributed by atoms with Crippen LogP contribution in [-0.4, -0.2) is 63.2 Å². The molecule has 0 aliphatic carbocycles. The zero-order chi connectivity index (χ0) is 23.5. The summed E-state index contributed by atoms with van der Waals surface area (Å²) in [7, 11) is -2.28. The molecule has 0 fully saturated rings. The molecule has 0 saturated heterocycles. The van der Waals surface area contributed by atoms with Gasteiger partial charge < -0.3 is 20.1 Å². The Morgan fingerprint density at radius 1 is 1.25 bits per heavy atom. The normalized spacial score (nSPS) is 20.0. The summed E-state index contributed by atoms with van der Waals surface area (Å²) in [6, 6.07) is 8.65. The Hall–Kier alpha value is -2.69. The number of benzene rings is 2. The number of amides is 1. The van der Waals surface area contributed by atoms with E-state index in [4.69, 9.17) is 4.74 Å². The van der Waals surface area contributed by atoms with E-state index in [0.29, 0.717) is 13.1 Å². The number of aliphatic hydroxyl groups excluding tert-OH is 1. The summed E-state index contributed by atoms with van der Waals surface area (Å²) in [5.41, 5.74) is 0.296. The number of nitrogens with one attached hydrogen (secondary N) is 2. The van der Waals surface area contributed by atoms with Crippen LogP contribution in [0.5, 0.6) is 5.75 Å². The van der Waals surface area contributed by atoms with Crippen molar-refractivity contribution in [3.05, 3.63) is 53.8 Å². The first-order valence-corrected chi connectivity index (χ1v) is 11.8. The summed E-state index contributed by atoms with van der Waals surface area (Å²) in [4.78, 5) is 14.8. The summed E-state index contributed by atoms with van der Waals surface area (Å²) < 4.78 is 47.7. The van der Waals surface area contributed by atoms with Gasteiger partial charge in [0.1, 0.15) is 11.9 Å². The van der Waals surface area contributed by atoms with Gasteiger partial charge in [-0.15, -0.1) is 0 Å². The molecule has 8 nitrogen and oxygen atoms in total. The van der Waals surface area contributed by atoms with Crippen molar-refractivity contribution in [2.45, 2.75) is 30.9 Å². The van der Waals surface area contributed by atoms with Crippen molar-refractivity contribution in [1.82, 2.24) is 10.2 Å². The monoisotopic (exact) mass is 465 g/mol. The molecular formula is C22H28FN3O5S. The van der Waals surface area contributed by atoms with Crippen LogP contribution in [0.4, 0.5) is 10.1 Å². The first kappa shape index (κ1) is 24.0. The molecule has 2 aromatic carbocycles. The molecular weight excluding hydrogens is 437 g/mol. The molecule has 0 unspecified atom stereocenters. The van der Waals surface area contributed by atoms with E-state index in [2.05, 4.69) is 10.0 Å². The maximum absolute atomic E-state index is 13.3. The fraction of sp³-hybridized carbons (Fsp3) is 0.409. The second-order valence-electron chi connectivity index (χ2n) is 7.92. The molecule has 3 rings (SSSR count). The molecule has 174 valence electrons. The van der Waals surface area contributed by atoms with Gasteiger partial charge in [0.15, 0.2) is 5.75 Å². The van der Waals surface area contributed by atoms with Gasteiger partial charge in [-0.3, -0.25) is 9.52 Å². The van der Waals surface area contributed by atoms with Crippen LogP contribution < -0.4 is 14.8 Å². The van der Waals surface area contributed by atoms with Gasteiger partial charge in [0.05, 0.1) is 28.8 Å². The first-order chi connectivity index (χ1) is 15.2. The Bertz CT molecular complexity index is 1060. The average Bonchev–Trinajstić information content (AvgIpc) is 2.76. The van der Waals surface area contributed by atoms with Gasteiger partial charge in [-0.05, 0) is 50.4 Å². The van der Waals surface area contributed by atoms with E-state index in [1.807, 2.05) is 6.92 Å². The van der Waals surface area contributed by atoms with Crippen LogP contribution in [-0.2, 0) is 10.0 Å². The molecule has 2 aromatic rings. The number of sulfonamides is 1. The van der Waals surface area contributed by atoms with Crippen LogP contribution in [0.15, 0.2) is 47.4 Å². The summed E-state index contributed by atoms with van der Waals surface area (Å²) in [5.74, 6) is -0.899. The lowest BCUT2D eigenvalue weighted by molar-refractivity contribution is 0.0417. The number of nitrogens with zero attached hydrogens (tertiary/aromatic N) is 1. The molecule has 3 atom stereocenters. The van der Waals surface area contributed by atoms with Crippen LogP contribution in [0.2, 0.25) is 0 Å². The van der Waals surface area contributed by atoms with Gasteiger partial charge in [0, 0.05) is 19.0 Å². The summed E-state index contributed by atoms with van der Waals surface area (Å²) >= 11 is 0. The fourth-order valence-electron chi connectivity index (χ4n) is 3.59. The molecule has 32 heavy (non-hydrogen) atoms. The first-order valence-electron chi connectivity index (χ1n) is 10.3. The Kier molecular flexibility index (Phi) is 7.37. The van der Waals surface area contributed by atoms with Crippen molar-refractivity contribution >= 4 is 21.6 Å². The lowest BCUT2D eigenvalue weighted by atomic mass is 9.99. The minimum absolute atomic E-state index is 0.102. The van der Waals surface area contributed by atoms with Crippen molar-refractivity contribution in [1.29, 1.82) is 0 Å². The number of ether oxygens (including phenoxy) is 1. The number of likely N-dealkylation sites (N-methyl/N-ethyl adjacent to an activating group) is 1. The molecule has 1 heterocycles. The van der Waals surface area contributed by atoms with Crippen LogP contribution in [0.3, 0.4) is 0 Å². The highest BCUT2D eigenvalue weighted by atomic mass is 32.2. The maximum Gasteiger partial charge on any atom is 0.262 e. The fourth-order valence-corrected chi connectivity index (χ4v) is 4.65. The van der Waals surface area contributed by atoms with E-state index in [-0.39, 0.29) is 46.4 Å². The highest BCUT2D eigenvalue weighted by Gasteiger charge is 2.34. The van der Waals surface area contributed by atoms with E-state index in [0.717, 1.165) is 24.3 Å². The third-order valence-corrected chi connectivity index (χ3v) is 6.85. The van der Waals surface area contributed by atoms with Crippen molar-refractivity contribution in [3.8, 4) is 5.75 Å². The van der Waals surface area contributed by atoms with Gasteiger partial charge in [-0.1, -0.05) is 13.0 Å². The topological polar surface area (TPSA) is 108 Å². The summed E-state index contributed by atoms with van der Waals surface area (Å²) in [6.45, 7) is 4.32. The third-order valence-electron chi connectivity index (χ3n) is 5.46. The van der Waals surface area contributed by atoms with Gasteiger partial charge in [-0.2, -0.15) is 0 Å². The van der Waals surface area contributed by atoms with Crippen molar-refractivity contribution in [2.75, 3.05) is 31.5 Å². The molecule has 10 heteroatoms. The van der Waals surface area contributed by atoms with Gasteiger partial charge in [0.25, 0.3) is 15.9 Å². The van der Waals surface area contributed by atoms with Crippen molar-refractivity contribution < 1.29 is 27.4 Å². The third kappa shape index (κ3) is 5.03. The number of para-hydroxylation sites is 1. The van der Waals surface area contributed by atoms with Gasteiger partial charge in [0.2, 0.25) is 0 Å². The number of carbonyl (C=O) groups is 1. The highest BCUT2D eigenvalue weighted by molar-refractivity contribution is 7.92. The number of rotatable bonds is 7. The van der Waals surface area contributed by atoms with Crippen molar-refractivity contribution in [3.63, 3.8) is 0 Å². The van der Waals surface area contributed by atoms with Crippen LogP contribution >= 0.6 is 0 Å². The van der Waals surface area contributed by atoms with Crippen LogP contribution in [0, 0.1) is 11.7 Å². The second kappa shape index (κ2) is 9.85. The van der Waals surface area contributed by atoms with Gasteiger partial charge >= 0.3 is 0 Å². The zero-order valence-electron chi connectivity index (χ0n) is 18.2. The molecule has 0 saturated carbocycles. The number of fused-ring (bicyclic) bond motifs is 1. The van der Waals surface area contributed by atoms with E-state index >= 15 is 0 Å². The summed E-state index contributed by atoms with van der Waals surface area (Å²) in [5, 5.41) is 12.7. The number of aliphatic hydroxyl groups is 1. The SMILES string of the molecule is CNC[C@H]1Oc2c(NS(=O)(=O)c3ccc(F)cc3)cccc2C(=O)N([C@@H](C)CO)C[C@H]1C. The maximum atomic E-state index is 13.3. The van der Waals surface area contributed by atoms with E-state index in [1.165, 1.54) is 6.07 Å². The lowest BCUT2D eigenvalue weighted by Crippen LogP contribution is -2.49. The minimum atomic E-state index is -4.06. The predicted molar refractivity (Wildman–Crippen MR) is 119 cm³/mol. The molecule has 1 aliphatic rings. The highest BCUT2D eigenvalue weighted by Crippen LogP contribution is 2.35. The number of anilines is 1. The Labute approximate surface area is 187 Å². The Morgan fingerprint density at radius 3 is 2.56 bits per heavy atom. The number of hydrogen-bond donors (Lipinski definition) is 3. The molecule has 0 bridgehead atoms. The number of carbonyl (C=O) groups excluding carboxylic acids is 1. The molecule has 1 aliphatic heterocycles. The summed E-state index contributed by atoms with van der Waals surface area (Å²) in [6.07, 6.45) is -0.364. The largest absolute Gasteiger partial charge is 0.486 e. The smallest absolute Gasteiger partial charge is 0.262 e. The Balaban J connectivity index is 2.08. The van der Waals surface area contributed by atoms with E-state index < -0.39 is 21.9 Å². The Morgan fingerprint density at radius 2 is 1.94 bits per heavy atom. The molecule has 1 amide bonds. The van der Waals surface area contributed by atoms with Crippen LogP contribution in [0.25, 0.3) is 0 Å². The molecule has 0 aromatic heterocycles. The molecule has 0 radical (unpaired) electrons. The van der Waals surface area contributed by atoms with Crippen LogP contribution in [0.1, 0.15) is 24.2 Å². The quantitative estimate of drug-likeness (QED) is 0.578. The molecule has 0 spiro atoms. The average molecular weight is 466 g/mol. The van der Waals surface area contributed by atoms with E-state index in [1.54, 1.807) is 31.0 Å². The number of hydrogen-bond acceptors (Lipinski definition) is 6. The standard InChI is InChI=1S/C22H28FN3O5S/c1-14-12-26(15(2)13-27)22(28)18-5-4-6-19(21(18)31-20(14)11-24-3)25-32(29,30)17-9-7-16(23)8-10-17/h4-10,14-15,20,24-25,27H,11-13H2,1-3H3/t14-,15+,20-/m1/s1. The lowest BCUT2D eigenvalue weighted by Gasteiger charge is -2.37. The second-order valence-corrected chi connectivity index (χ2v) is 9.60. The minimum Gasteiger partial charge on any atom is -0.486 e. The van der Waals surface area contributed by atoms with Crippen molar-refractivity contribution in [2.24, 2.45) is 5.92 Å². The van der Waals surface area contributed by atoms with Gasteiger partial charge in [-0.25, -0.2) is 12.8 Å². The molecule has 3 N–H and O–H groups in total. The van der Waals surface area contributed by atoms with E-state index in [9.17, 15) is 22.7 Å². The number of halogens is 1. The zero-order valence-corrected chi connectivity index (χ0v) is 19.0. The predicted octanol–water partition coefficient (Wildman–Crippen LogP) is 2.07.